The number of methoxy groups -OCH3 is 1. The molecule has 1 amide bonds. The fourth-order valence-electron chi connectivity index (χ4n) is 2.49. The van der Waals surface area contributed by atoms with E-state index < -0.39 is 16.0 Å². The third-order valence-electron chi connectivity index (χ3n) is 4.35. The second-order valence-electron chi connectivity index (χ2n) is 6.40. The summed E-state index contributed by atoms with van der Waals surface area (Å²) in [6.07, 6.45) is -0.0507. The third-order valence-corrected chi connectivity index (χ3v) is 5.82. The zero-order valence-electron chi connectivity index (χ0n) is 16.6. The van der Waals surface area contributed by atoms with Crippen molar-refractivity contribution >= 4 is 33.3 Å². The van der Waals surface area contributed by atoms with Crippen LogP contribution in [0.15, 0.2) is 47.4 Å². The number of esters is 1. The molecule has 0 aliphatic carbocycles. The number of carbonyl (C=O) groups excluding carboxylic acids is 2. The molecule has 0 saturated carbocycles. The lowest BCUT2D eigenvalue weighted by Crippen LogP contribution is -2.26. The molecule has 29 heavy (non-hydrogen) atoms. The Bertz CT molecular complexity index is 972. The largest absolute Gasteiger partial charge is 0.469 e. The summed E-state index contributed by atoms with van der Waals surface area (Å²) in [6, 6.07) is 11.7. The first kappa shape index (κ1) is 22.4. The highest BCUT2D eigenvalue weighted by Gasteiger charge is 2.14. The molecular formula is C20H25N3O5S. The number of hydrogen-bond acceptors (Lipinski definition) is 6. The molecule has 0 bridgehead atoms. The van der Waals surface area contributed by atoms with Crippen molar-refractivity contribution in [2.24, 2.45) is 0 Å². The van der Waals surface area contributed by atoms with E-state index in [0.29, 0.717) is 5.69 Å². The van der Waals surface area contributed by atoms with Gasteiger partial charge in [0.05, 0.1) is 25.0 Å². The summed E-state index contributed by atoms with van der Waals surface area (Å²) in [5.74, 6) is -0.703. The van der Waals surface area contributed by atoms with E-state index in [1.165, 1.54) is 19.2 Å². The highest BCUT2D eigenvalue weighted by atomic mass is 32.2. The molecule has 0 aromatic heterocycles. The molecule has 9 heteroatoms. The van der Waals surface area contributed by atoms with Gasteiger partial charge in [0.15, 0.2) is 0 Å². The van der Waals surface area contributed by atoms with Crippen LogP contribution in [-0.2, 0) is 24.3 Å². The normalized spacial score (nSPS) is 11.0. The molecule has 0 aliphatic heterocycles. The van der Waals surface area contributed by atoms with Crippen LogP contribution in [0.25, 0.3) is 0 Å². The SMILES string of the molecule is COC(=O)CCNS(=O)(=O)c1ccc(NCC(=O)Nc2cccc(C)c2C)cc1. The predicted molar refractivity (Wildman–Crippen MR) is 111 cm³/mol. The monoisotopic (exact) mass is 419 g/mol. The fraction of sp³-hybridized carbons (Fsp3) is 0.300. The second-order valence-corrected chi connectivity index (χ2v) is 8.16. The average molecular weight is 420 g/mol. The number of hydrogen-bond donors (Lipinski definition) is 3. The highest BCUT2D eigenvalue weighted by molar-refractivity contribution is 7.89. The van der Waals surface area contributed by atoms with E-state index in [0.717, 1.165) is 16.8 Å². The Morgan fingerprint density at radius 2 is 1.72 bits per heavy atom. The molecular weight excluding hydrogens is 394 g/mol. The quantitative estimate of drug-likeness (QED) is 0.537. The summed E-state index contributed by atoms with van der Waals surface area (Å²) >= 11 is 0. The van der Waals surface area contributed by atoms with E-state index in [-0.39, 0.29) is 30.3 Å². The van der Waals surface area contributed by atoms with E-state index in [2.05, 4.69) is 20.1 Å². The van der Waals surface area contributed by atoms with Gasteiger partial charge in [-0.05, 0) is 55.3 Å². The molecule has 0 aliphatic rings. The van der Waals surface area contributed by atoms with E-state index in [1.807, 2.05) is 32.0 Å². The van der Waals surface area contributed by atoms with Gasteiger partial charge in [-0.3, -0.25) is 9.59 Å². The van der Waals surface area contributed by atoms with E-state index in [1.54, 1.807) is 12.1 Å². The van der Waals surface area contributed by atoms with Crippen molar-refractivity contribution < 1.29 is 22.7 Å². The van der Waals surface area contributed by atoms with Gasteiger partial charge in [0.25, 0.3) is 0 Å². The summed E-state index contributed by atoms with van der Waals surface area (Å²) in [5, 5.41) is 5.80. The molecule has 0 atom stereocenters. The van der Waals surface area contributed by atoms with Gasteiger partial charge in [-0.25, -0.2) is 13.1 Å². The lowest BCUT2D eigenvalue weighted by Gasteiger charge is -2.12. The van der Waals surface area contributed by atoms with Crippen LogP contribution in [0.2, 0.25) is 0 Å². The Labute approximate surface area is 170 Å². The molecule has 0 radical (unpaired) electrons. The van der Waals surface area contributed by atoms with Crippen LogP contribution in [0, 0.1) is 13.8 Å². The molecule has 0 unspecified atom stereocenters. The maximum atomic E-state index is 12.2. The number of benzene rings is 2. The number of nitrogens with one attached hydrogen (secondary N) is 3. The molecule has 0 fully saturated rings. The van der Waals surface area contributed by atoms with Crippen molar-refractivity contribution in [2.75, 3.05) is 30.8 Å². The molecule has 0 heterocycles. The molecule has 156 valence electrons. The van der Waals surface area contributed by atoms with Crippen LogP contribution in [0.3, 0.4) is 0 Å². The van der Waals surface area contributed by atoms with Crippen LogP contribution >= 0.6 is 0 Å². The Balaban J connectivity index is 1.89. The van der Waals surface area contributed by atoms with Gasteiger partial charge in [-0.15, -0.1) is 0 Å². The zero-order chi connectivity index (χ0) is 21.4. The summed E-state index contributed by atoms with van der Waals surface area (Å²) in [7, 11) is -2.49. The summed E-state index contributed by atoms with van der Waals surface area (Å²) < 4.78 is 31.2. The van der Waals surface area contributed by atoms with Crippen LogP contribution in [0.5, 0.6) is 0 Å². The third kappa shape index (κ3) is 6.58. The Kier molecular flexibility index (Phi) is 7.74. The summed E-state index contributed by atoms with van der Waals surface area (Å²) in [4.78, 5) is 23.3. The van der Waals surface area contributed by atoms with Crippen LogP contribution in [-0.4, -0.2) is 40.5 Å². The van der Waals surface area contributed by atoms with Crippen molar-refractivity contribution in [3.05, 3.63) is 53.6 Å². The number of sulfonamides is 1. The van der Waals surface area contributed by atoms with Crippen LogP contribution < -0.4 is 15.4 Å². The van der Waals surface area contributed by atoms with Crippen molar-refractivity contribution in [1.29, 1.82) is 0 Å². The number of anilines is 2. The molecule has 0 saturated heterocycles. The predicted octanol–water partition coefficient (Wildman–Crippen LogP) is 2.20. The lowest BCUT2D eigenvalue weighted by molar-refractivity contribution is -0.140. The Hall–Kier alpha value is -2.91. The lowest BCUT2D eigenvalue weighted by atomic mass is 10.1. The molecule has 2 aromatic carbocycles. The van der Waals surface area contributed by atoms with Gasteiger partial charge < -0.3 is 15.4 Å². The number of aryl methyl sites for hydroxylation is 1. The number of rotatable bonds is 9. The minimum absolute atomic E-state index is 0.0385. The summed E-state index contributed by atoms with van der Waals surface area (Å²) in [6.45, 7) is 3.91. The smallest absolute Gasteiger partial charge is 0.306 e. The van der Waals surface area contributed by atoms with E-state index in [9.17, 15) is 18.0 Å². The molecule has 3 N–H and O–H groups in total. The molecule has 8 nitrogen and oxygen atoms in total. The van der Waals surface area contributed by atoms with E-state index >= 15 is 0 Å². The fourth-order valence-corrected chi connectivity index (χ4v) is 3.52. The van der Waals surface area contributed by atoms with Crippen molar-refractivity contribution in [2.45, 2.75) is 25.2 Å². The number of ether oxygens (including phenoxy) is 1. The topological polar surface area (TPSA) is 114 Å². The van der Waals surface area contributed by atoms with Crippen molar-refractivity contribution in [1.82, 2.24) is 4.72 Å². The summed E-state index contributed by atoms with van der Waals surface area (Å²) in [5.41, 5.74) is 3.47. The van der Waals surface area contributed by atoms with Crippen molar-refractivity contribution in [3.63, 3.8) is 0 Å². The van der Waals surface area contributed by atoms with Crippen LogP contribution in [0.1, 0.15) is 17.5 Å². The first-order chi connectivity index (χ1) is 13.7. The number of carbonyl (C=O) groups is 2. The minimum Gasteiger partial charge on any atom is -0.469 e. The standard InChI is InChI=1S/C20H25N3O5S/c1-14-5-4-6-18(15(14)2)23-19(24)13-21-16-7-9-17(10-8-16)29(26,27)22-12-11-20(25)28-3/h4-10,21-22H,11-13H2,1-3H3,(H,23,24). The van der Waals surface area contributed by atoms with Crippen LogP contribution in [0.4, 0.5) is 11.4 Å². The van der Waals surface area contributed by atoms with Gasteiger partial charge in [0, 0.05) is 17.9 Å². The average Bonchev–Trinajstić information content (AvgIpc) is 2.70. The van der Waals surface area contributed by atoms with Gasteiger partial charge >= 0.3 is 5.97 Å². The van der Waals surface area contributed by atoms with Gasteiger partial charge in [0.1, 0.15) is 0 Å². The Morgan fingerprint density at radius 1 is 1.03 bits per heavy atom. The van der Waals surface area contributed by atoms with E-state index in [4.69, 9.17) is 0 Å². The Morgan fingerprint density at radius 3 is 2.38 bits per heavy atom. The maximum absolute atomic E-state index is 12.2. The second kappa shape index (κ2) is 10.0. The minimum atomic E-state index is -3.73. The molecule has 0 spiro atoms. The van der Waals surface area contributed by atoms with Gasteiger partial charge in [-0.1, -0.05) is 12.1 Å². The van der Waals surface area contributed by atoms with Gasteiger partial charge in [-0.2, -0.15) is 0 Å². The zero-order valence-corrected chi connectivity index (χ0v) is 17.4. The first-order valence-corrected chi connectivity index (χ1v) is 10.5. The molecule has 2 aromatic rings. The van der Waals surface area contributed by atoms with Crippen molar-refractivity contribution in [3.8, 4) is 0 Å². The highest BCUT2D eigenvalue weighted by Crippen LogP contribution is 2.18. The first-order valence-electron chi connectivity index (χ1n) is 8.99. The molecule has 2 rings (SSSR count). The van der Waals surface area contributed by atoms with Gasteiger partial charge in [0.2, 0.25) is 15.9 Å². The number of amides is 1. The maximum Gasteiger partial charge on any atom is 0.306 e.